The van der Waals surface area contributed by atoms with Gasteiger partial charge in [-0.3, -0.25) is 0 Å². The van der Waals surface area contributed by atoms with Crippen LogP contribution >= 0.6 is 0 Å². The molecule has 4 heteroatoms. The topological polar surface area (TPSA) is 49.8 Å². The quantitative estimate of drug-likeness (QED) is 0.893. The van der Waals surface area contributed by atoms with Crippen molar-refractivity contribution >= 4 is 11.7 Å². The molecule has 4 nitrogen and oxygen atoms in total. The zero-order valence-electron chi connectivity index (χ0n) is 11.9. The average molecular weight is 251 g/mol. The highest BCUT2D eigenvalue weighted by Gasteiger charge is 2.33. The van der Waals surface area contributed by atoms with Crippen LogP contribution in [0.2, 0.25) is 0 Å². The van der Waals surface area contributed by atoms with E-state index < -0.39 is 11.5 Å². The number of benzene rings is 1. The van der Waals surface area contributed by atoms with E-state index in [1.54, 1.807) is 32.9 Å². The Hall–Kier alpha value is -1.71. The van der Waals surface area contributed by atoms with Gasteiger partial charge in [-0.25, -0.2) is 4.79 Å². The molecule has 100 valence electrons. The molecule has 0 saturated carbocycles. The number of aryl methyl sites for hydroxylation is 2. The van der Waals surface area contributed by atoms with Crippen molar-refractivity contribution < 1.29 is 14.6 Å². The Morgan fingerprint density at radius 1 is 1.28 bits per heavy atom. The fourth-order valence-electron chi connectivity index (χ4n) is 1.64. The summed E-state index contributed by atoms with van der Waals surface area (Å²) in [5.74, 6) is -0.180. The monoisotopic (exact) mass is 251 g/mol. The Morgan fingerprint density at radius 3 is 2.22 bits per heavy atom. The Kier molecular flexibility index (Phi) is 3.89. The first-order chi connectivity index (χ1) is 8.21. The molecule has 18 heavy (non-hydrogen) atoms. The van der Waals surface area contributed by atoms with Gasteiger partial charge in [0.1, 0.15) is 11.3 Å². The molecule has 0 aromatic heterocycles. The Morgan fingerprint density at radius 2 is 1.78 bits per heavy atom. The van der Waals surface area contributed by atoms with Gasteiger partial charge in [-0.05, 0) is 51.0 Å². The third-order valence-corrected chi connectivity index (χ3v) is 3.52. The summed E-state index contributed by atoms with van der Waals surface area (Å²) in [5, 5.41) is 9.28. The van der Waals surface area contributed by atoms with Crippen molar-refractivity contribution in [2.75, 3.05) is 19.1 Å². The Balaban J connectivity index is 3.32. The van der Waals surface area contributed by atoms with Crippen molar-refractivity contribution in [1.29, 1.82) is 0 Å². The smallest absolute Gasteiger partial charge is 0.328 e. The van der Waals surface area contributed by atoms with Crippen LogP contribution in [0.15, 0.2) is 12.1 Å². The van der Waals surface area contributed by atoms with Gasteiger partial charge in [0.25, 0.3) is 0 Å². The maximum absolute atomic E-state index is 11.3. The van der Waals surface area contributed by atoms with E-state index in [1.807, 2.05) is 26.0 Å². The van der Waals surface area contributed by atoms with Gasteiger partial charge in [-0.15, -0.1) is 0 Å². The normalized spacial score (nSPS) is 11.2. The van der Waals surface area contributed by atoms with Crippen molar-refractivity contribution in [3.05, 3.63) is 23.3 Å². The van der Waals surface area contributed by atoms with Crippen molar-refractivity contribution in [2.45, 2.75) is 33.2 Å². The molecule has 1 N–H and O–H groups in total. The molecule has 1 rings (SSSR count). The largest absolute Gasteiger partial charge is 0.495 e. The first kappa shape index (κ1) is 14.4. The van der Waals surface area contributed by atoms with Crippen LogP contribution in [0.5, 0.6) is 5.75 Å². The van der Waals surface area contributed by atoms with Gasteiger partial charge in [-0.1, -0.05) is 0 Å². The van der Waals surface area contributed by atoms with Gasteiger partial charge < -0.3 is 14.7 Å². The first-order valence-corrected chi connectivity index (χ1v) is 5.84. The van der Waals surface area contributed by atoms with Crippen molar-refractivity contribution in [3.63, 3.8) is 0 Å². The molecule has 0 saturated heterocycles. The molecular formula is C14H21NO3. The first-order valence-electron chi connectivity index (χ1n) is 5.84. The highest BCUT2D eigenvalue weighted by Crippen LogP contribution is 2.34. The van der Waals surface area contributed by atoms with Crippen LogP contribution < -0.4 is 9.64 Å². The molecule has 0 atom stereocenters. The average Bonchev–Trinajstić information content (AvgIpc) is 2.30. The van der Waals surface area contributed by atoms with Gasteiger partial charge in [-0.2, -0.15) is 0 Å². The number of likely N-dealkylation sites (N-methyl/N-ethyl adjacent to an activating group) is 1. The van der Waals surface area contributed by atoms with E-state index in [2.05, 4.69) is 0 Å². The van der Waals surface area contributed by atoms with Crippen LogP contribution in [0.4, 0.5) is 5.69 Å². The van der Waals surface area contributed by atoms with Crippen LogP contribution in [-0.2, 0) is 4.79 Å². The minimum atomic E-state index is -0.991. The fraction of sp³-hybridized carbons (Fsp3) is 0.500. The minimum absolute atomic E-state index is 0.690. The van der Waals surface area contributed by atoms with E-state index >= 15 is 0 Å². The van der Waals surface area contributed by atoms with E-state index in [-0.39, 0.29) is 0 Å². The van der Waals surface area contributed by atoms with Crippen molar-refractivity contribution in [1.82, 2.24) is 0 Å². The predicted octanol–water partition coefficient (Wildman–Crippen LogP) is 2.61. The summed E-state index contributed by atoms with van der Waals surface area (Å²) in [6.07, 6.45) is 0. The maximum atomic E-state index is 11.3. The molecular weight excluding hydrogens is 230 g/mol. The number of methoxy groups -OCH3 is 1. The molecule has 0 amide bonds. The maximum Gasteiger partial charge on any atom is 0.328 e. The highest BCUT2D eigenvalue weighted by molar-refractivity contribution is 5.83. The standard InChI is InChI=1S/C14H21NO3/c1-9-7-11(12(18-6)8-10(9)2)15(5)14(3,4)13(16)17/h7-8H,1-6H3,(H,16,17). The van der Waals surface area contributed by atoms with Crippen LogP contribution in [0.25, 0.3) is 0 Å². The number of nitrogens with zero attached hydrogens (tertiary/aromatic N) is 1. The Bertz CT molecular complexity index is 466. The SMILES string of the molecule is COc1cc(C)c(C)cc1N(C)C(C)(C)C(=O)O. The molecule has 0 radical (unpaired) electrons. The van der Waals surface area contributed by atoms with E-state index in [1.165, 1.54) is 0 Å². The van der Waals surface area contributed by atoms with Crippen LogP contribution in [0.1, 0.15) is 25.0 Å². The second-order valence-electron chi connectivity index (χ2n) is 5.03. The summed E-state index contributed by atoms with van der Waals surface area (Å²) in [6, 6.07) is 3.89. The lowest BCUT2D eigenvalue weighted by molar-refractivity contribution is -0.142. The van der Waals surface area contributed by atoms with Crippen LogP contribution in [0.3, 0.4) is 0 Å². The summed E-state index contributed by atoms with van der Waals surface area (Å²) in [6.45, 7) is 7.35. The van der Waals surface area contributed by atoms with Gasteiger partial charge >= 0.3 is 5.97 Å². The van der Waals surface area contributed by atoms with Gasteiger partial charge in [0.2, 0.25) is 0 Å². The number of aliphatic carboxylic acids is 1. The lowest BCUT2D eigenvalue weighted by Crippen LogP contribution is -2.48. The minimum Gasteiger partial charge on any atom is -0.495 e. The lowest BCUT2D eigenvalue weighted by Gasteiger charge is -2.34. The van der Waals surface area contributed by atoms with Gasteiger partial charge in [0, 0.05) is 7.05 Å². The second-order valence-corrected chi connectivity index (χ2v) is 5.03. The molecule has 0 aliphatic carbocycles. The third kappa shape index (κ3) is 2.42. The molecule has 0 fully saturated rings. The number of carboxylic acid groups (broad SMARTS) is 1. The zero-order valence-corrected chi connectivity index (χ0v) is 11.9. The number of carboxylic acids is 1. The third-order valence-electron chi connectivity index (χ3n) is 3.52. The highest BCUT2D eigenvalue weighted by atomic mass is 16.5. The number of carbonyl (C=O) groups is 1. The summed E-state index contributed by atoms with van der Waals surface area (Å²) >= 11 is 0. The molecule has 0 heterocycles. The number of hydrogen-bond acceptors (Lipinski definition) is 3. The molecule has 1 aromatic carbocycles. The molecule has 0 unspecified atom stereocenters. The summed E-state index contributed by atoms with van der Waals surface area (Å²) in [5.41, 5.74) is 2.03. The molecule has 0 aliphatic heterocycles. The fourth-order valence-corrected chi connectivity index (χ4v) is 1.64. The van der Waals surface area contributed by atoms with Crippen molar-refractivity contribution in [3.8, 4) is 5.75 Å². The predicted molar refractivity (Wildman–Crippen MR) is 72.6 cm³/mol. The molecule has 1 aromatic rings. The molecule has 0 bridgehead atoms. The Labute approximate surface area is 108 Å². The van der Waals surface area contributed by atoms with E-state index in [9.17, 15) is 9.90 Å². The number of hydrogen-bond donors (Lipinski definition) is 1. The molecule has 0 spiro atoms. The number of anilines is 1. The number of rotatable bonds is 4. The van der Waals surface area contributed by atoms with Crippen molar-refractivity contribution in [2.24, 2.45) is 0 Å². The van der Waals surface area contributed by atoms with Crippen LogP contribution in [0, 0.1) is 13.8 Å². The summed E-state index contributed by atoms with van der Waals surface area (Å²) in [7, 11) is 3.36. The zero-order chi connectivity index (χ0) is 14.1. The van der Waals surface area contributed by atoms with E-state index in [0.29, 0.717) is 5.75 Å². The molecule has 0 aliphatic rings. The van der Waals surface area contributed by atoms with E-state index in [4.69, 9.17) is 4.74 Å². The van der Waals surface area contributed by atoms with Gasteiger partial charge in [0.15, 0.2) is 0 Å². The van der Waals surface area contributed by atoms with Gasteiger partial charge in [0.05, 0.1) is 12.8 Å². The van der Waals surface area contributed by atoms with Crippen LogP contribution in [-0.4, -0.2) is 30.8 Å². The van der Waals surface area contributed by atoms with E-state index in [0.717, 1.165) is 16.8 Å². The second kappa shape index (κ2) is 4.88. The lowest BCUT2D eigenvalue weighted by atomic mass is 10.0. The number of ether oxygens (including phenoxy) is 1. The summed E-state index contributed by atoms with van der Waals surface area (Å²) in [4.78, 5) is 13.0. The summed E-state index contributed by atoms with van der Waals surface area (Å²) < 4.78 is 5.34.